The molecule has 6 heteroatoms. The van der Waals surface area contributed by atoms with Crippen LogP contribution in [0.2, 0.25) is 5.15 Å². The van der Waals surface area contributed by atoms with Gasteiger partial charge in [0.25, 0.3) is 0 Å². The second-order valence-corrected chi connectivity index (χ2v) is 5.63. The molecule has 0 saturated carbocycles. The van der Waals surface area contributed by atoms with Crippen molar-refractivity contribution in [3.8, 4) is 0 Å². The highest BCUT2D eigenvalue weighted by atomic mass is 35.5. The number of hydrogen-bond donors (Lipinski definition) is 0. The van der Waals surface area contributed by atoms with Gasteiger partial charge in [-0.3, -0.25) is 0 Å². The van der Waals surface area contributed by atoms with Crippen molar-refractivity contribution in [3.05, 3.63) is 22.5 Å². The number of carbonyl (C=O) groups excluding carboxylic acids is 1. The lowest BCUT2D eigenvalue weighted by Crippen LogP contribution is -2.36. The van der Waals surface area contributed by atoms with E-state index in [1.165, 1.54) is 13.5 Å². The number of halogens is 1. The Balaban J connectivity index is 2.34. The van der Waals surface area contributed by atoms with Crippen molar-refractivity contribution in [2.24, 2.45) is 4.99 Å². The molecule has 1 atom stereocenters. The van der Waals surface area contributed by atoms with E-state index in [0.717, 1.165) is 19.4 Å². The van der Waals surface area contributed by atoms with Gasteiger partial charge >= 0.3 is 5.97 Å². The van der Waals surface area contributed by atoms with Gasteiger partial charge in [0.05, 0.1) is 19.0 Å². The molecule has 0 N–H and O–H groups in total. The van der Waals surface area contributed by atoms with E-state index in [1.54, 1.807) is 19.5 Å². The van der Waals surface area contributed by atoms with E-state index in [9.17, 15) is 4.79 Å². The molecule has 0 amide bonds. The molecular weight excluding hydrogens is 290 g/mol. The van der Waals surface area contributed by atoms with Gasteiger partial charge in [0.15, 0.2) is 5.15 Å². The number of aryl methyl sites for hydroxylation is 1. The van der Waals surface area contributed by atoms with Gasteiger partial charge in [-0.15, -0.1) is 0 Å². The third-order valence-corrected chi connectivity index (χ3v) is 4.05. The molecule has 0 spiro atoms. The number of aliphatic imine (C=N–C) groups is 1. The number of carbonyl (C=O) groups is 1. The molecule has 1 aromatic heterocycles. The van der Waals surface area contributed by atoms with Gasteiger partial charge in [0.2, 0.25) is 0 Å². The monoisotopic (exact) mass is 309 g/mol. The topological polar surface area (TPSA) is 54.8 Å². The molecule has 1 aromatic rings. The van der Waals surface area contributed by atoms with Crippen LogP contribution in [0.1, 0.15) is 42.1 Å². The number of hydrogen-bond acceptors (Lipinski definition) is 4. The van der Waals surface area contributed by atoms with Crippen LogP contribution in [-0.4, -0.2) is 41.9 Å². The summed E-state index contributed by atoms with van der Waals surface area (Å²) >= 11 is 6.11. The van der Waals surface area contributed by atoms with Crippen molar-refractivity contribution >= 4 is 29.6 Å². The highest BCUT2D eigenvalue weighted by molar-refractivity contribution is 6.32. The molecule has 1 unspecified atom stereocenters. The van der Waals surface area contributed by atoms with Crippen LogP contribution in [-0.2, 0) is 4.74 Å². The molecule has 0 radical (unpaired) electrons. The number of likely N-dealkylation sites (tertiary alicyclic amines) is 1. The first-order chi connectivity index (χ1) is 10.0. The van der Waals surface area contributed by atoms with Crippen LogP contribution >= 0.6 is 11.6 Å². The lowest BCUT2D eigenvalue weighted by molar-refractivity contribution is 0.0601. The number of pyridine rings is 1. The van der Waals surface area contributed by atoms with Crippen molar-refractivity contribution < 1.29 is 9.53 Å². The smallest absolute Gasteiger partial charge is 0.340 e. The van der Waals surface area contributed by atoms with E-state index in [4.69, 9.17) is 16.3 Å². The first-order valence-electron chi connectivity index (χ1n) is 7.08. The van der Waals surface area contributed by atoms with E-state index in [-0.39, 0.29) is 5.15 Å². The van der Waals surface area contributed by atoms with E-state index in [0.29, 0.717) is 22.9 Å². The van der Waals surface area contributed by atoms with Crippen LogP contribution in [0.4, 0.5) is 5.69 Å². The molecule has 114 valence electrons. The Labute approximate surface area is 130 Å². The Morgan fingerprint density at radius 1 is 1.57 bits per heavy atom. The Kier molecular flexibility index (Phi) is 5.17. The number of methoxy groups -OCH3 is 1. The highest BCUT2D eigenvalue weighted by Gasteiger charge is 2.20. The number of nitrogens with zero attached hydrogens (tertiary/aromatic N) is 3. The minimum atomic E-state index is -0.448. The summed E-state index contributed by atoms with van der Waals surface area (Å²) in [5, 5.41) is 0.210. The summed E-state index contributed by atoms with van der Waals surface area (Å²) in [5.74, 6) is -0.448. The summed E-state index contributed by atoms with van der Waals surface area (Å²) in [7, 11) is 1.34. The van der Waals surface area contributed by atoms with E-state index in [2.05, 4.69) is 21.8 Å². The predicted octanol–water partition coefficient (Wildman–Crippen LogP) is 3.36. The Hall–Kier alpha value is -1.62. The fraction of sp³-hybridized carbons (Fsp3) is 0.533. The van der Waals surface area contributed by atoms with Crippen LogP contribution < -0.4 is 0 Å². The van der Waals surface area contributed by atoms with Gasteiger partial charge in [-0.05, 0) is 38.7 Å². The van der Waals surface area contributed by atoms with Crippen LogP contribution in [0.3, 0.4) is 0 Å². The van der Waals surface area contributed by atoms with Gasteiger partial charge in [-0.2, -0.15) is 0 Å². The molecule has 0 aliphatic carbocycles. The Morgan fingerprint density at radius 3 is 3.00 bits per heavy atom. The minimum absolute atomic E-state index is 0.210. The van der Waals surface area contributed by atoms with Gasteiger partial charge in [-0.1, -0.05) is 11.6 Å². The quantitative estimate of drug-likeness (QED) is 0.372. The van der Waals surface area contributed by atoms with E-state index in [1.807, 2.05) is 0 Å². The maximum Gasteiger partial charge on any atom is 0.340 e. The third-order valence-electron chi connectivity index (χ3n) is 3.78. The van der Waals surface area contributed by atoms with Crippen molar-refractivity contribution in [2.45, 2.75) is 39.2 Å². The standard InChI is InChI=1S/C15H20ClN3O2/c1-10-8-17-14(16)13(12(10)15(20)21-3)18-9-19-7-5-4-6-11(19)2/h8-9,11H,4-7H2,1-3H3/b18-9+. The fourth-order valence-corrected chi connectivity index (χ4v) is 2.66. The summed E-state index contributed by atoms with van der Waals surface area (Å²) in [6.07, 6.45) is 6.86. The van der Waals surface area contributed by atoms with Crippen LogP contribution in [0.25, 0.3) is 0 Å². The molecule has 1 saturated heterocycles. The van der Waals surface area contributed by atoms with Crippen molar-refractivity contribution in [2.75, 3.05) is 13.7 Å². The summed E-state index contributed by atoms with van der Waals surface area (Å²) in [6.45, 7) is 4.93. The van der Waals surface area contributed by atoms with Gasteiger partial charge in [0, 0.05) is 18.8 Å². The summed E-state index contributed by atoms with van der Waals surface area (Å²) in [5.41, 5.74) is 1.45. The lowest BCUT2D eigenvalue weighted by atomic mass is 10.1. The van der Waals surface area contributed by atoms with Crippen molar-refractivity contribution in [3.63, 3.8) is 0 Å². The molecule has 0 aromatic carbocycles. The summed E-state index contributed by atoms with van der Waals surface area (Å²) < 4.78 is 4.81. The zero-order valence-corrected chi connectivity index (χ0v) is 13.4. The summed E-state index contributed by atoms with van der Waals surface area (Å²) in [4.78, 5) is 22.6. The largest absolute Gasteiger partial charge is 0.465 e. The first-order valence-corrected chi connectivity index (χ1v) is 7.45. The summed E-state index contributed by atoms with van der Waals surface area (Å²) in [6, 6.07) is 0.445. The van der Waals surface area contributed by atoms with Crippen LogP contribution in [0.15, 0.2) is 11.2 Å². The number of piperidine rings is 1. The van der Waals surface area contributed by atoms with Gasteiger partial charge in [0.1, 0.15) is 5.69 Å². The lowest BCUT2D eigenvalue weighted by Gasteiger charge is -2.31. The van der Waals surface area contributed by atoms with Gasteiger partial charge in [-0.25, -0.2) is 14.8 Å². The molecule has 0 bridgehead atoms. The second kappa shape index (κ2) is 6.89. The molecular formula is C15H20ClN3O2. The fourth-order valence-electron chi connectivity index (χ4n) is 2.47. The molecule has 1 fully saturated rings. The first kappa shape index (κ1) is 15.8. The maximum absolute atomic E-state index is 11.9. The highest BCUT2D eigenvalue weighted by Crippen LogP contribution is 2.30. The van der Waals surface area contributed by atoms with Crippen LogP contribution in [0.5, 0.6) is 0 Å². The maximum atomic E-state index is 11.9. The van der Waals surface area contributed by atoms with E-state index >= 15 is 0 Å². The normalized spacial score (nSPS) is 19.0. The average molecular weight is 310 g/mol. The van der Waals surface area contributed by atoms with Gasteiger partial charge < -0.3 is 9.64 Å². The van der Waals surface area contributed by atoms with Crippen molar-refractivity contribution in [1.29, 1.82) is 0 Å². The SMILES string of the molecule is COC(=O)c1c(C)cnc(Cl)c1/N=C/N1CCCCC1C. The molecule has 1 aliphatic rings. The number of esters is 1. The van der Waals surface area contributed by atoms with E-state index < -0.39 is 5.97 Å². The number of ether oxygens (including phenoxy) is 1. The number of rotatable bonds is 3. The molecule has 21 heavy (non-hydrogen) atoms. The minimum Gasteiger partial charge on any atom is -0.465 e. The molecule has 1 aliphatic heterocycles. The molecule has 2 rings (SSSR count). The zero-order chi connectivity index (χ0) is 15.4. The molecule has 5 nitrogen and oxygen atoms in total. The molecule has 2 heterocycles. The Morgan fingerprint density at radius 2 is 2.33 bits per heavy atom. The van der Waals surface area contributed by atoms with Crippen molar-refractivity contribution in [1.82, 2.24) is 9.88 Å². The third kappa shape index (κ3) is 3.53. The Bertz CT molecular complexity index is 560. The predicted molar refractivity (Wildman–Crippen MR) is 83.5 cm³/mol. The zero-order valence-electron chi connectivity index (χ0n) is 12.6. The number of aromatic nitrogens is 1. The second-order valence-electron chi connectivity index (χ2n) is 5.27. The van der Waals surface area contributed by atoms with Crippen LogP contribution in [0, 0.1) is 6.92 Å². The average Bonchev–Trinajstić information content (AvgIpc) is 2.48.